The molecule has 0 amide bonds. The number of H-pyrrole nitrogens is 1. The molecule has 0 aliphatic heterocycles. The van der Waals surface area contributed by atoms with Crippen molar-refractivity contribution < 1.29 is 9.53 Å². The molecule has 26 heavy (non-hydrogen) atoms. The summed E-state index contributed by atoms with van der Waals surface area (Å²) in [5.74, 6) is -0.435. The van der Waals surface area contributed by atoms with Gasteiger partial charge in [0.25, 0.3) is 0 Å². The lowest BCUT2D eigenvalue weighted by molar-refractivity contribution is -0.148. The van der Waals surface area contributed by atoms with Crippen LogP contribution in [-0.4, -0.2) is 26.4 Å². The predicted molar refractivity (Wildman–Crippen MR) is 99.6 cm³/mol. The van der Waals surface area contributed by atoms with E-state index in [4.69, 9.17) is 4.74 Å². The van der Waals surface area contributed by atoms with Crippen molar-refractivity contribution in [3.63, 3.8) is 0 Å². The molecule has 0 fully saturated rings. The summed E-state index contributed by atoms with van der Waals surface area (Å²) in [5, 5.41) is 2.58. The zero-order chi connectivity index (χ0) is 19.3. The molecule has 1 N–H and O–H groups in total. The van der Waals surface area contributed by atoms with Crippen LogP contribution in [0.3, 0.4) is 0 Å². The lowest BCUT2D eigenvalue weighted by Crippen LogP contribution is -2.37. The van der Waals surface area contributed by atoms with Crippen LogP contribution in [0.15, 0.2) is 52.1 Å². The van der Waals surface area contributed by atoms with Gasteiger partial charge in [-0.05, 0) is 31.9 Å². The van der Waals surface area contributed by atoms with E-state index in [0.29, 0.717) is 17.7 Å². The van der Waals surface area contributed by atoms with Gasteiger partial charge in [-0.15, -0.1) is 0 Å². The highest BCUT2D eigenvalue weighted by Crippen LogP contribution is 2.24. The van der Waals surface area contributed by atoms with Gasteiger partial charge in [0.05, 0.1) is 5.69 Å². The Kier molecular flexibility index (Phi) is 6.38. The lowest BCUT2D eigenvalue weighted by Gasteiger charge is -2.27. The molecule has 0 aliphatic rings. The van der Waals surface area contributed by atoms with E-state index in [2.05, 4.69) is 11.7 Å². The van der Waals surface area contributed by atoms with Crippen molar-refractivity contribution in [1.82, 2.24) is 14.3 Å². The Hall–Kier alpha value is -2.83. The average Bonchev–Trinajstić information content (AvgIpc) is 2.87. The van der Waals surface area contributed by atoms with Gasteiger partial charge in [-0.3, -0.25) is 4.79 Å². The molecule has 0 radical (unpaired) electrons. The minimum Gasteiger partial charge on any atom is -0.460 e. The van der Waals surface area contributed by atoms with E-state index in [1.807, 2.05) is 6.92 Å². The summed E-state index contributed by atoms with van der Waals surface area (Å²) in [4.78, 5) is 36.8. The van der Waals surface area contributed by atoms with E-state index in [0.717, 1.165) is 17.4 Å². The van der Waals surface area contributed by atoms with Crippen LogP contribution in [-0.2, 0) is 9.53 Å². The fourth-order valence-electron chi connectivity index (χ4n) is 2.99. The number of hydrogen-bond donors (Lipinski definition) is 1. The molecule has 1 aromatic heterocycles. The van der Waals surface area contributed by atoms with Crippen molar-refractivity contribution in [2.45, 2.75) is 52.2 Å². The van der Waals surface area contributed by atoms with Crippen LogP contribution in [0.4, 0.5) is 0 Å². The smallest absolute Gasteiger partial charge is 0.352 e. The number of aromatic amines is 1. The monoisotopic (exact) mass is 359 g/mol. The van der Waals surface area contributed by atoms with Crippen LogP contribution in [0.25, 0.3) is 5.69 Å². The molecule has 0 aliphatic carbocycles. The number of nitrogens with zero attached hydrogens (tertiary/aromatic N) is 2. The second kappa shape index (κ2) is 8.51. The van der Waals surface area contributed by atoms with Crippen LogP contribution in [0, 0.1) is 0 Å². The molecule has 1 aromatic carbocycles. The summed E-state index contributed by atoms with van der Waals surface area (Å²) in [6.07, 6.45) is 1.72. The molecule has 7 nitrogen and oxygen atoms in total. The van der Waals surface area contributed by atoms with Gasteiger partial charge >= 0.3 is 17.3 Å². The highest BCUT2D eigenvalue weighted by atomic mass is 16.5. The molecule has 2 atom stereocenters. The molecule has 7 heteroatoms. The van der Waals surface area contributed by atoms with E-state index in [1.54, 1.807) is 37.3 Å². The summed E-state index contributed by atoms with van der Waals surface area (Å²) < 4.78 is 7.71. The van der Waals surface area contributed by atoms with Gasteiger partial charge in [0.15, 0.2) is 0 Å². The van der Waals surface area contributed by atoms with Gasteiger partial charge in [-0.25, -0.2) is 23.9 Å². The number of rotatable bonds is 8. The maximum absolute atomic E-state index is 12.9. The van der Waals surface area contributed by atoms with Gasteiger partial charge in [-0.1, -0.05) is 43.7 Å². The van der Waals surface area contributed by atoms with Crippen LogP contribution in [0.1, 0.15) is 46.1 Å². The van der Waals surface area contributed by atoms with Gasteiger partial charge in [-0.2, -0.15) is 0 Å². The highest BCUT2D eigenvalue weighted by Gasteiger charge is 2.29. The van der Waals surface area contributed by atoms with E-state index in [1.165, 1.54) is 11.6 Å². The van der Waals surface area contributed by atoms with Crippen LogP contribution < -0.4 is 11.4 Å². The quantitative estimate of drug-likeness (QED) is 0.580. The normalized spacial score (nSPS) is 13.2. The molecule has 1 heterocycles. The molecule has 0 unspecified atom stereocenters. The topological polar surface area (TPSA) is 86.1 Å². The molecular formula is C19H25N3O4. The van der Waals surface area contributed by atoms with Gasteiger partial charge in [0, 0.05) is 6.92 Å². The predicted octanol–water partition coefficient (Wildman–Crippen LogP) is 2.57. The maximum atomic E-state index is 12.9. The van der Waals surface area contributed by atoms with E-state index >= 15 is 0 Å². The summed E-state index contributed by atoms with van der Waals surface area (Å²) in [6, 6.07) is 8.01. The van der Waals surface area contributed by atoms with Crippen molar-refractivity contribution in [3.05, 3.63) is 63.5 Å². The third kappa shape index (κ3) is 4.22. The first kappa shape index (κ1) is 19.5. The minimum absolute atomic E-state index is 0.435. The number of unbranched alkanes of at least 4 members (excludes halogenated alkanes) is 1. The molecule has 0 spiro atoms. The Labute approximate surface area is 151 Å². The Morgan fingerprint density at radius 2 is 1.88 bits per heavy atom. The molecule has 140 valence electrons. The Morgan fingerprint density at radius 3 is 2.42 bits per heavy atom. The molecule has 2 rings (SSSR count). The lowest BCUT2D eigenvalue weighted by atomic mass is 9.99. The maximum Gasteiger partial charge on any atom is 0.352 e. The number of nitrogens with one attached hydrogen (secondary N) is 1. The first-order valence-corrected chi connectivity index (χ1v) is 8.68. The second-order valence-corrected chi connectivity index (χ2v) is 6.32. The fraction of sp³-hybridized carbons (Fsp3) is 0.421. The molecule has 2 aromatic rings. The Morgan fingerprint density at radius 1 is 1.23 bits per heavy atom. The molecule has 0 bridgehead atoms. The SMILES string of the molecule is C=C(C)[C@H]([C@H](CCCC)OC(C)=O)n1[nH]c(=O)n(-c2ccccc2)c1=O. The summed E-state index contributed by atoms with van der Waals surface area (Å²) in [6.45, 7) is 9.04. The number of carbonyl (C=O) groups is 1. The summed E-state index contributed by atoms with van der Waals surface area (Å²) >= 11 is 0. The second-order valence-electron chi connectivity index (χ2n) is 6.32. The number of aromatic nitrogens is 3. The largest absolute Gasteiger partial charge is 0.460 e. The summed E-state index contributed by atoms with van der Waals surface area (Å²) in [5.41, 5.74) is 0.0128. The zero-order valence-corrected chi connectivity index (χ0v) is 15.4. The Bertz CT molecular complexity index is 876. The van der Waals surface area contributed by atoms with Crippen LogP contribution in [0.2, 0.25) is 0 Å². The minimum atomic E-state index is -0.643. The third-order valence-electron chi connectivity index (χ3n) is 4.13. The van der Waals surface area contributed by atoms with Gasteiger partial charge in [0.2, 0.25) is 0 Å². The fourth-order valence-corrected chi connectivity index (χ4v) is 2.99. The van der Waals surface area contributed by atoms with Gasteiger partial charge in [0.1, 0.15) is 12.1 Å². The molecule has 0 saturated carbocycles. The third-order valence-corrected chi connectivity index (χ3v) is 4.13. The number of benzene rings is 1. The first-order chi connectivity index (χ1) is 12.4. The van der Waals surface area contributed by atoms with E-state index in [9.17, 15) is 14.4 Å². The number of ether oxygens (including phenoxy) is 1. The molecular weight excluding hydrogens is 334 g/mol. The Balaban J connectivity index is 2.54. The van der Waals surface area contributed by atoms with E-state index < -0.39 is 29.5 Å². The van der Waals surface area contributed by atoms with E-state index in [-0.39, 0.29) is 0 Å². The first-order valence-electron chi connectivity index (χ1n) is 8.68. The number of para-hydroxylation sites is 1. The van der Waals surface area contributed by atoms with Crippen molar-refractivity contribution in [2.75, 3.05) is 0 Å². The van der Waals surface area contributed by atoms with Crippen LogP contribution >= 0.6 is 0 Å². The highest BCUT2D eigenvalue weighted by molar-refractivity contribution is 5.66. The number of carbonyl (C=O) groups excluding carboxylic acids is 1. The standard InChI is InChI=1S/C19H25N3O4/c1-5-6-12-16(26-14(4)23)17(13(2)3)22-19(25)21(18(24)20-22)15-10-8-7-9-11-15/h7-11,16-17H,2,5-6,12H2,1,3-4H3,(H,20,24)/t16-,17+/m0/s1. The summed E-state index contributed by atoms with van der Waals surface area (Å²) in [7, 11) is 0. The molecule has 0 saturated heterocycles. The van der Waals surface area contributed by atoms with Crippen molar-refractivity contribution >= 4 is 5.97 Å². The van der Waals surface area contributed by atoms with Crippen molar-refractivity contribution in [3.8, 4) is 5.69 Å². The zero-order valence-electron chi connectivity index (χ0n) is 15.4. The van der Waals surface area contributed by atoms with Gasteiger partial charge < -0.3 is 4.74 Å². The van der Waals surface area contributed by atoms with Crippen molar-refractivity contribution in [1.29, 1.82) is 0 Å². The average molecular weight is 359 g/mol. The van der Waals surface area contributed by atoms with Crippen molar-refractivity contribution in [2.24, 2.45) is 0 Å². The van der Waals surface area contributed by atoms with Crippen LogP contribution in [0.5, 0.6) is 0 Å². The number of esters is 1. The number of hydrogen-bond acceptors (Lipinski definition) is 4.